The molecule has 4 aliphatic rings. The van der Waals surface area contributed by atoms with Gasteiger partial charge in [-0.15, -0.1) is 0 Å². The van der Waals surface area contributed by atoms with Crippen LogP contribution in [-0.2, 0) is 9.53 Å². The van der Waals surface area contributed by atoms with Gasteiger partial charge in [-0.25, -0.2) is 0 Å². The van der Waals surface area contributed by atoms with Gasteiger partial charge in [-0.05, 0) is 81.0 Å². The van der Waals surface area contributed by atoms with Gasteiger partial charge in [0.05, 0.1) is 5.92 Å². The van der Waals surface area contributed by atoms with Crippen LogP contribution in [-0.4, -0.2) is 11.6 Å². The maximum absolute atomic E-state index is 12.8. The summed E-state index contributed by atoms with van der Waals surface area (Å²) in [5.41, 5.74) is -0.228. The average Bonchev–Trinajstić information content (AvgIpc) is 3.07. The molecule has 0 aromatic heterocycles. The maximum Gasteiger partial charge on any atom is 0.310 e. The van der Waals surface area contributed by atoms with Crippen LogP contribution in [0.25, 0.3) is 0 Å². The van der Waals surface area contributed by atoms with E-state index in [4.69, 9.17) is 4.74 Å². The Morgan fingerprint density at radius 3 is 2.55 bits per heavy atom. The molecule has 2 heteroatoms. The van der Waals surface area contributed by atoms with Crippen LogP contribution in [0.4, 0.5) is 0 Å². The number of carbonyl (C=O) groups is 1. The number of hydrogen-bond donors (Lipinski definition) is 0. The minimum Gasteiger partial charge on any atom is -0.459 e. The van der Waals surface area contributed by atoms with Crippen molar-refractivity contribution in [3.05, 3.63) is 12.2 Å². The smallest absolute Gasteiger partial charge is 0.310 e. The van der Waals surface area contributed by atoms with Crippen molar-refractivity contribution in [1.82, 2.24) is 0 Å². The second-order valence-corrected chi connectivity index (χ2v) is 9.00. The standard InChI is InChI=1S/C20H30O2/c1-12-6-15-8-13(2)20(3,17(7-12)10-15)22-19(21)18-11-14-4-5-16(18)9-14/h4-5,12-18H,6-11H2,1-3H3. The van der Waals surface area contributed by atoms with Crippen molar-refractivity contribution in [2.75, 3.05) is 0 Å². The monoisotopic (exact) mass is 302 g/mol. The normalized spacial score (nSPS) is 52.8. The lowest BCUT2D eigenvalue weighted by Gasteiger charge is -2.52. The van der Waals surface area contributed by atoms with Gasteiger partial charge in [-0.3, -0.25) is 4.79 Å². The highest BCUT2D eigenvalue weighted by molar-refractivity contribution is 5.74. The van der Waals surface area contributed by atoms with Crippen molar-refractivity contribution in [2.24, 2.45) is 41.4 Å². The quantitative estimate of drug-likeness (QED) is 0.551. The molecule has 8 atom stereocenters. The largest absolute Gasteiger partial charge is 0.459 e. The van der Waals surface area contributed by atoms with Crippen LogP contribution in [0.2, 0.25) is 0 Å². The van der Waals surface area contributed by atoms with E-state index in [0.717, 1.165) is 18.3 Å². The fourth-order valence-electron chi connectivity index (χ4n) is 6.07. The van der Waals surface area contributed by atoms with Gasteiger partial charge < -0.3 is 4.74 Å². The molecule has 22 heavy (non-hydrogen) atoms. The molecule has 4 rings (SSSR count). The second kappa shape index (κ2) is 5.11. The van der Waals surface area contributed by atoms with Gasteiger partial charge in [-0.1, -0.05) is 26.0 Å². The lowest BCUT2D eigenvalue weighted by Crippen LogP contribution is -2.53. The molecule has 2 nitrogen and oxygen atoms in total. The molecule has 0 saturated heterocycles. The number of carbonyl (C=O) groups excluding carboxylic acids is 1. The van der Waals surface area contributed by atoms with Gasteiger partial charge in [0, 0.05) is 0 Å². The lowest BCUT2D eigenvalue weighted by atomic mass is 9.58. The molecule has 0 amide bonds. The topological polar surface area (TPSA) is 26.3 Å². The van der Waals surface area contributed by atoms with Crippen LogP contribution >= 0.6 is 0 Å². The fourth-order valence-corrected chi connectivity index (χ4v) is 6.07. The number of rotatable bonds is 2. The molecule has 0 aliphatic heterocycles. The summed E-state index contributed by atoms with van der Waals surface area (Å²) in [6.45, 7) is 6.92. The summed E-state index contributed by atoms with van der Waals surface area (Å²) in [5, 5.41) is 0. The molecule has 0 aromatic rings. The zero-order valence-corrected chi connectivity index (χ0v) is 14.3. The van der Waals surface area contributed by atoms with E-state index < -0.39 is 0 Å². The first kappa shape index (κ1) is 14.8. The molecule has 0 aromatic carbocycles. The minimum atomic E-state index is -0.228. The molecule has 0 spiro atoms. The van der Waals surface area contributed by atoms with Gasteiger partial charge in [0.25, 0.3) is 0 Å². The third-order valence-corrected chi connectivity index (χ3v) is 7.42. The predicted octanol–water partition coefficient (Wildman–Crippen LogP) is 4.59. The first-order chi connectivity index (χ1) is 10.5. The Hall–Kier alpha value is -0.790. The minimum absolute atomic E-state index is 0.0999. The summed E-state index contributed by atoms with van der Waals surface area (Å²) in [6.07, 6.45) is 11.9. The molecule has 3 fully saturated rings. The molecule has 0 N–H and O–H groups in total. The van der Waals surface area contributed by atoms with Gasteiger partial charge in [0.2, 0.25) is 0 Å². The molecule has 0 radical (unpaired) electrons. The Balaban J connectivity index is 1.50. The van der Waals surface area contributed by atoms with Crippen LogP contribution < -0.4 is 0 Å². The van der Waals surface area contributed by atoms with E-state index in [0.29, 0.717) is 23.7 Å². The zero-order valence-electron chi connectivity index (χ0n) is 14.3. The van der Waals surface area contributed by atoms with Crippen molar-refractivity contribution in [3.8, 4) is 0 Å². The Labute approximate surface area is 134 Å². The first-order valence-electron chi connectivity index (χ1n) is 9.37. The molecular formula is C20H30O2. The average molecular weight is 302 g/mol. The van der Waals surface area contributed by atoms with Gasteiger partial charge >= 0.3 is 5.97 Å². The molecule has 4 bridgehead atoms. The third-order valence-electron chi connectivity index (χ3n) is 7.42. The Bertz CT molecular complexity index is 492. The molecule has 3 saturated carbocycles. The number of ether oxygens (including phenoxy) is 1. The van der Waals surface area contributed by atoms with Crippen LogP contribution in [0.3, 0.4) is 0 Å². The zero-order chi connectivity index (χ0) is 15.5. The van der Waals surface area contributed by atoms with E-state index in [-0.39, 0.29) is 17.5 Å². The number of esters is 1. The van der Waals surface area contributed by atoms with Gasteiger partial charge in [0.15, 0.2) is 0 Å². The number of hydrogen-bond acceptors (Lipinski definition) is 2. The van der Waals surface area contributed by atoms with Crippen molar-refractivity contribution in [1.29, 1.82) is 0 Å². The highest BCUT2D eigenvalue weighted by atomic mass is 16.6. The van der Waals surface area contributed by atoms with E-state index in [9.17, 15) is 4.79 Å². The predicted molar refractivity (Wildman–Crippen MR) is 87.1 cm³/mol. The van der Waals surface area contributed by atoms with Gasteiger partial charge in [0.1, 0.15) is 5.60 Å². The Morgan fingerprint density at radius 2 is 1.86 bits per heavy atom. The number of fused-ring (bicyclic) bond motifs is 4. The fraction of sp³-hybridized carbons (Fsp3) is 0.850. The van der Waals surface area contributed by atoms with Gasteiger partial charge in [-0.2, -0.15) is 0 Å². The van der Waals surface area contributed by atoms with Crippen molar-refractivity contribution in [3.63, 3.8) is 0 Å². The summed E-state index contributed by atoms with van der Waals surface area (Å²) in [7, 11) is 0. The summed E-state index contributed by atoms with van der Waals surface area (Å²) < 4.78 is 6.29. The lowest BCUT2D eigenvalue weighted by molar-refractivity contribution is -0.190. The molecule has 0 heterocycles. The Kier molecular flexibility index (Phi) is 3.43. The second-order valence-electron chi connectivity index (χ2n) is 9.00. The third kappa shape index (κ3) is 2.25. The molecule has 8 unspecified atom stereocenters. The van der Waals surface area contributed by atoms with E-state index >= 15 is 0 Å². The SMILES string of the molecule is CC1CC2CC(C)C(C)(OC(=O)C3CC4C=CC3C4)C(C1)C2. The van der Waals surface area contributed by atoms with Crippen LogP contribution in [0.15, 0.2) is 12.2 Å². The Morgan fingerprint density at radius 1 is 1.05 bits per heavy atom. The van der Waals surface area contributed by atoms with Crippen molar-refractivity contribution in [2.45, 2.75) is 64.9 Å². The summed E-state index contributed by atoms with van der Waals surface area (Å²) in [5.74, 6) is 4.06. The summed E-state index contributed by atoms with van der Waals surface area (Å²) in [6, 6.07) is 0. The van der Waals surface area contributed by atoms with E-state index in [1.165, 1.54) is 32.1 Å². The highest BCUT2D eigenvalue weighted by Crippen LogP contribution is 2.52. The first-order valence-corrected chi connectivity index (χ1v) is 9.37. The van der Waals surface area contributed by atoms with E-state index in [2.05, 4.69) is 32.9 Å². The van der Waals surface area contributed by atoms with Crippen LogP contribution in [0.5, 0.6) is 0 Å². The van der Waals surface area contributed by atoms with Crippen LogP contribution in [0, 0.1) is 41.4 Å². The summed E-state index contributed by atoms with van der Waals surface area (Å²) in [4.78, 5) is 12.8. The molecule has 122 valence electrons. The van der Waals surface area contributed by atoms with E-state index in [1.807, 2.05) is 0 Å². The number of allylic oxidation sites excluding steroid dienone is 2. The molecule has 4 aliphatic carbocycles. The maximum atomic E-state index is 12.8. The van der Waals surface area contributed by atoms with Crippen molar-refractivity contribution < 1.29 is 9.53 Å². The summed E-state index contributed by atoms with van der Waals surface area (Å²) >= 11 is 0. The molecular weight excluding hydrogens is 272 g/mol. The van der Waals surface area contributed by atoms with Crippen molar-refractivity contribution >= 4 is 5.97 Å². The van der Waals surface area contributed by atoms with E-state index in [1.54, 1.807) is 0 Å². The highest BCUT2D eigenvalue weighted by Gasteiger charge is 2.52. The van der Waals surface area contributed by atoms with Crippen LogP contribution in [0.1, 0.15) is 59.3 Å².